The molecule has 1 aliphatic rings. The van der Waals surface area contributed by atoms with Crippen molar-refractivity contribution in [1.29, 1.82) is 0 Å². The van der Waals surface area contributed by atoms with Gasteiger partial charge in [-0.3, -0.25) is 0 Å². The van der Waals surface area contributed by atoms with Crippen LogP contribution in [0.3, 0.4) is 0 Å². The fourth-order valence-electron chi connectivity index (χ4n) is 2.01. The van der Waals surface area contributed by atoms with Gasteiger partial charge in [0.1, 0.15) is 5.82 Å². The van der Waals surface area contributed by atoms with E-state index < -0.39 is 0 Å². The highest BCUT2D eigenvalue weighted by Crippen LogP contribution is 2.21. The first-order valence-corrected chi connectivity index (χ1v) is 5.49. The number of benzene rings is 1. The minimum atomic E-state index is -0.146. The number of halogens is 1. The number of hydrogen-bond acceptors (Lipinski definition) is 2. The summed E-state index contributed by atoms with van der Waals surface area (Å²) in [5, 5.41) is 3.35. The van der Waals surface area contributed by atoms with Gasteiger partial charge in [0, 0.05) is 25.3 Å². The maximum atomic E-state index is 13.2. The Balaban J connectivity index is 2.22. The molecule has 82 valence electrons. The van der Waals surface area contributed by atoms with Gasteiger partial charge in [-0.1, -0.05) is 6.07 Å². The number of anilines is 1. The van der Waals surface area contributed by atoms with Crippen LogP contribution in [0.15, 0.2) is 18.2 Å². The molecule has 0 aromatic heterocycles. The summed E-state index contributed by atoms with van der Waals surface area (Å²) in [4.78, 5) is 2.26. The van der Waals surface area contributed by atoms with E-state index in [1.54, 1.807) is 6.07 Å². The maximum Gasteiger partial charge on any atom is 0.125 e. The number of hydrogen-bond donors (Lipinski definition) is 1. The monoisotopic (exact) mass is 208 g/mol. The van der Waals surface area contributed by atoms with E-state index in [9.17, 15) is 4.39 Å². The lowest BCUT2D eigenvalue weighted by atomic mass is 10.1. The quantitative estimate of drug-likeness (QED) is 0.758. The van der Waals surface area contributed by atoms with Crippen LogP contribution in [0.5, 0.6) is 0 Å². The lowest BCUT2D eigenvalue weighted by Gasteiger charge is -2.24. The maximum absolute atomic E-state index is 13.2. The number of nitrogens with zero attached hydrogens (tertiary/aromatic N) is 1. The summed E-state index contributed by atoms with van der Waals surface area (Å²) in [7, 11) is 0. The van der Waals surface area contributed by atoms with Crippen molar-refractivity contribution in [2.75, 3.05) is 31.1 Å². The Labute approximate surface area is 90.1 Å². The van der Waals surface area contributed by atoms with E-state index in [1.165, 1.54) is 6.07 Å². The van der Waals surface area contributed by atoms with Gasteiger partial charge in [-0.2, -0.15) is 0 Å². The number of rotatable bonds is 1. The van der Waals surface area contributed by atoms with Crippen LogP contribution in [0.1, 0.15) is 12.0 Å². The Morgan fingerprint density at radius 2 is 2.13 bits per heavy atom. The first kappa shape index (κ1) is 10.4. The Hall–Kier alpha value is -1.09. The molecule has 1 aliphatic heterocycles. The summed E-state index contributed by atoms with van der Waals surface area (Å²) < 4.78 is 13.2. The highest BCUT2D eigenvalue weighted by Gasteiger charge is 2.11. The van der Waals surface area contributed by atoms with Gasteiger partial charge in [0.15, 0.2) is 0 Å². The minimum Gasteiger partial charge on any atom is -0.370 e. The SMILES string of the molecule is Cc1ccc(F)cc1N1CCCNCC1. The average Bonchev–Trinajstić information content (AvgIpc) is 2.50. The third-order valence-electron chi connectivity index (χ3n) is 2.85. The summed E-state index contributed by atoms with van der Waals surface area (Å²) in [6.07, 6.45) is 1.12. The standard InChI is InChI=1S/C12H17FN2/c1-10-3-4-11(13)9-12(10)15-7-2-5-14-6-8-15/h3-4,9,14H,2,5-8H2,1H3. The van der Waals surface area contributed by atoms with E-state index in [0.29, 0.717) is 0 Å². The summed E-state index contributed by atoms with van der Waals surface area (Å²) in [5.41, 5.74) is 2.19. The largest absolute Gasteiger partial charge is 0.370 e. The number of aryl methyl sites for hydroxylation is 1. The second-order valence-electron chi connectivity index (χ2n) is 4.02. The van der Waals surface area contributed by atoms with Crippen molar-refractivity contribution in [3.8, 4) is 0 Å². The van der Waals surface area contributed by atoms with E-state index in [4.69, 9.17) is 0 Å². The van der Waals surface area contributed by atoms with Gasteiger partial charge in [0.2, 0.25) is 0 Å². The number of nitrogens with one attached hydrogen (secondary N) is 1. The molecule has 2 nitrogen and oxygen atoms in total. The molecule has 0 spiro atoms. The third kappa shape index (κ3) is 2.48. The predicted molar refractivity (Wildman–Crippen MR) is 60.8 cm³/mol. The molecule has 1 saturated heterocycles. The first-order valence-electron chi connectivity index (χ1n) is 5.49. The summed E-state index contributed by atoms with van der Waals surface area (Å²) >= 11 is 0. The van der Waals surface area contributed by atoms with Crippen LogP contribution in [0.2, 0.25) is 0 Å². The molecule has 1 heterocycles. The van der Waals surface area contributed by atoms with Crippen molar-refractivity contribution in [1.82, 2.24) is 5.32 Å². The van der Waals surface area contributed by atoms with Crippen molar-refractivity contribution in [3.05, 3.63) is 29.6 Å². The molecule has 3 heteroatoms. The smallest absolute Gasteiger partial charge is 0.125 e. The van der Waals surface area contributed by atoms with Crippen molar-refractivity contribution in [2.45, 2.75) is 13.3 Å². The van der Waals surface area contributed by atoms with E-state index >= 15 is 0 Å². The summed E-state index contributed by atoms with van der Waals surface area (Å²) in [6.45, 7) is 6.05. The van der Waals surface area contributed by atoms with Crippen LogP contribution in [0, 0.1) is 12.7 Å². The second kappa shape index (κ2) is 4.62. The third-order valence-corrected chi connectivity index (χ3v) is 2.85. The zero-order chi connectivity index (χ0) is 10.7. The second-order valence-corrected chi connectivity index (χ2v) is 4.02. The molecule has 2 rings (SSSR count). The minimum absolute atomic E-state index is 0.146. The van der Waals surface area contributed by atoms with Crippen molar-refractivity contribution in [3.63, 3.8) is 0 Å². The van der Waals surface area contributed by atoms with Crippen molar-refractivity contribution in [2.24, 2.45) is 0 Å². The molecule has 0 atom stereocenters. The molecular weight excluding hydrogens is 191 g/mol. The van der Waals surface area contributed by atoms with Crippen LogP contribution in [0.4, 0.5) is 10.1 Å². The lowest BCUT2D eigenvalue weighted by Crippen LogP contribution is -2.28. The molecule has 0 radical (unpaired) electrons. The van der Waals surface area contributed by atoms with Gasteiger partial charge < -0.3 is 10.2 Å². The van der Waals surface area contributed by atoms with Gasteiger partial charge in [-0.15, -0.1) is 0 Å². The normalized spacial score (nSPS) is 17.6. The van der Waals surface area contributed by atoms with E-state index in [0.717, 1.165) is 43.9 Å². The zero-order valence-corrected chi connectivity index (χ0v) is 9.09. The van der Waals surface area contributed by atoms with Gasteiger partial charge in [-0.25, -0.2) is 4.39 Å². The van der Waals surface area contributed by atoms with Crippen molar-refractivity contribution < 1.29 is 4.39 Å². The Morgan fingerprint density at radius 1 is 1.27 bits per heavy atom. The predicted octanol–water partition coefficient (Wildman–Crippen LogP) is 1.93. The summed E-state index contributed by atoms with van der Waals surface area (Å²) in [5.74, 6) is -0.146. The van der Waals surface area contributed by atoms with Gasteiger partial charge in [0.25, 0.3) is 0 Å². The molecule has 1 aromatic rings. The van der Waals surface area contributed by atoms with Crippen LogP contribution in [0.25, 0.3) is 0 Å². The molecular formula is C12H17FN2. The van der Waals surface area contributed by atoms with Crippen LogP contribution in [-0.2, 0) is 0 Å². The average molecular weight is 208 g/mol. The molecule has 0 saturated carbocycles. The fraction of sp³-hybridized carbons (Fsp3) is 0.500. The Kier molecular flexibility index (Phi) is 3.21. The molecule has 0 unspecified atom stereocenters. The van der Waals surface area contributed by atoms with Gasteiger partial charge >= 0.3 is 0 Å². The van der Waals surface area contributed by atoms with E-state index in [2.05, 4.69) is 10.2 Å². The van der Waals surface area contributed by atoms with Crippen LogP contribution < -0.4 is 10.2 Å². The summed E-state index contributed by atoms with van der Waals surface area (Å²) in [6, 6.07) is 5.01. The first-order chi connectivity index (χ1) is 7.27. The molecule has 1 N–H and O–H groups in total. The Bertz CT molecular complexity index is 330. The van der Waals surface area contributed by atoms with Crippen LogP contribution >= 0.6 is 0 Å². The lowest BCUT2D eigenvalue weighted by molar-refractivity contribution is 0.626. The molecule has 1 fully saturated rings. The zero-order valence-electron chi connectivity index (χ0n) is 9.09. The molecule has 1 aromatic carbocycles. The van der Waals surface area contributed by atoms with Crippen molar-refractivity contribution >= 4 is 5.69 Å². The Morgan fingerprint density at radius 3 is 3.00 bits per heavy atom. The van der Waals surface area contributed by atoms with Gasteiger partial charge in [-0.05, 0) is 37.6 Å². The van der Waals surface area contributed by atoms with Crippen LogP contribution in [-0.4, -0.2) is 26.2 Å². The molecule has 0 amide bonds. The topological polar surface area (TPSA) is 15.3 Å². The highest BCUT2D eigenvalue weighted by atomic mass is 19.1. The van der Waals surface area contributed by atoms with E-state index in [1.807, 2.05) is 13.0 Å². The molecule has 0 bridgehead atoms. The highest BCUT2D eigenvalue weighted by molar-refractivity contribution is 5.53. The van der Waals surface area contributed by atoms with Gasteiger partial charge in [0.05, 0.1) is 0 Å². The fourth-order valence-corrected chi connectivity index (χ4v) is 2.01. The van der Waals surface area contributed by atoms with E-state index in [-0.39, 0.29) is 5.82 Å². The molecule has 0 aliphatic carbocycles. The molecule has 15 heavy (non-hydrogen) atoms.